The Labute approximate surface area is 221 Å². The molecule has 0 radical (unpaired) electrons. The lowest BCUT2D eigenvalue weighted by Gasteiger charge is -2.36. The summed E-state index contributed by atoms with van der Waals surface area (Å²) >= 11 is 0. The molecule has 208 valence electrons. The number of amides is 2. The van der Waals surface area contributed by atoms with Crippen LogP contribution in [0.5, 0.6) is 0 Å². The number of hydrogen-bond donors (Lipinski definition) is 3. The van der Waals surface area contributed by atoms with Gasteiger partial charge in [0.1, 0.15) is 6.04 Å². The van der Waals surface area contributed by atoms with Gasteiger partial charge in [-0.15, -0.1) is 0 Å². The molecule has 1 aliphatic heterocycles. The van der Waals surface area contributed by atoms with Crippen LogP contribution >= 0.6 is 0 Å². The van der Waals surface area contributed by atoms with Crippen LogP contribution in [0.25, 0.3) is 0 Å². The monoisotopic (exact) mass is 519 g/mol. The molecule has 37 heavy (non-hydrogen) atoms. The third-order valence-electron chi connectivity index (χ3n) is 7.74. The Hall–Kier alpha value is -2.49. The minimum atomic E-state index is -1.10. The molecule has 1 heterocycles. The van der Waals surface area contributed by atoms with Crippen LogP contribution in [0, 0.1) is 11.8 Å². The van der Waals surface area contributed by atoms with Gasteiger partial charge in [-0.05, 0) is 31.4 Å². The van der Waals surface area contributed by atoms with E-state index in [4.69, 9.17) is 9.47 Å². The van der Waals surface area contributed by atoms with Gasteiger partial charge in [-0.25, -0.2) is 4.79 Å². The predicted molar refractivity (Wildman–Crippen MR) is 142 cm³/mol. The van der Waals surface area contributed by atoms with Crippen molar-refractivity contribution in [2.75, 3.05) is 27.8 Å². The number of nitrogens with one attached hydrogen (secondary N) is 2. The van der Waals surface area contributed by atoms with E-state index in [0.29, 0.717) is 18.9 Å². The lowest BCUT2D eigenvalue weighted by atomic mass is 9.91. The van der Waals surface area contributed by atoms with E-state index in [0.717, 1.165) is 18.4 Å². The van der Waals surface area contributed by atoms with Gasteiger partial charge in [-0.1, -0.05) is 57.5 Å². The number of rotatable bonds is 15. The van der Waals surface area contributed by atoms with E-state index >= 15 is 0 Å². The van der Waals surface area contributed by atoms with Gasteiger partial charge < -0.3 is 30.1 Å². The first-order valence-corrected chi connectivity index (χ1v) is 13.3. The molecule has 9 nitrogen and oxygen atoms in total. The number of carbonyl (C=O) groups is 3. The Bertz CT molecular complexity index is 867. The molecule has 1 aromatic rings. The minimum absolute atomic E-state index is 0.0277. The zero-order valence-corrected chi connectivity index (χ0v) is 23.1. The van der Waals surface area contributed by atoms with Crippen LogP contribution in [0.3, 0.4) is 0 Å². The largest absolute Gasteiger partial charge is 0.480 e. The number of hydrogen-bond acceptors (Lipinski definition) is 6. The number of carbonyl (C=O) groups excluding carboxylic acids is 2. The van der Waals surface area contributed by atoms with Crippen LogP contribution in [0.4, 0.5) is 0 Å². The summed E-state index contributed by atoms with van der Waals surface area (Å²) in [6.07, 6.45) is 2.07. The fraction of sp³-hybridized carbons (Fsp3) is 0.679. The molecule has 1 fully saturated rings. The summed E-state index contributed by atoms with van der Waals surface area (Å²) in [7, 11) is 5.05. The summed E-state index contributed by atoms with van der Waals surface area (Å²) in [5.41, 5.74) is 0.823. The second-order valence-corrected chi connectivity index (χ2v) is 10.1. The lowest BCUT2D eigenvalue weighted by Crippen LogP contribution is -2.53. The van der Waals surface area contributed by atoms with Gasteiger partial charge >= 0.3 is 5.97 Å². The van der Waals surface area contributed by atoms with Crippen LogP contribution in [0.2, 0.25) is 0 Å². The Morgan fingerprint density at radius 2 is 1.81 bits per heavy atom. The highest BCUT2D eigenvalue weighted by Gasteiger charge is 2.41. The van der Waals surface area contributed by atoms with Crippen molar-refractivity contribution in [2.45, 2.75) is 83.2 Å². The average molecular weight is 520 g/mol. The molecule has 9 heteroatoms. The lowest BCUT2D eigenvalue weighted by molar-refractivity contribution is -0.145. The zero-order chi connectivity index (χ0) is 27.5. The van der Waals surface area contributed by atoms with Crippen molar-refractivity contribution in [3.8, 4) is 0 Å². The molecule has 1 aromatic carbocycles. The van der Waals surface area contributed by atoms with Crippen molar-refractivity contribution in [1.29, 1.82) is 0 Å². The zero-order valence-electron chi connectivity index (χ0n) is 23.1. The molecule has 1 aliphatic rings. The highest BCUT2D eigenvalue weighted by molar-refractivity contribution is 5.85. The van der Waals surface area contributed by atoms with Crippen LogP contribution in [0.1, 0.15) is 52.0 Å². The van der Waals surface area contributed by atoms with Gasteiger partial charge in [0.05, 0.1) is 30.6 Å². The smallest absolute Gasteiger partial charge is 0.326 e. The minimum Gasteiger partial charge on any atom is -0.480 e. The summed E-state index contributed by atoms with van der Waals surface area (Å²) in [6, 6.07) is 7.90. The number of likely N-dealkylation sites (tertiary alicyclic amines) is 1. The number of ether oxygens (including phenoxy) is 2. The number of benzene rings is 1. The fourth-order valence-corrected chi connectivity index (χ4v) is 5.38. The van der Waals surface area contributed by atoms with E-state index in [9.17, 15) is 19.5 Å². The third-order valence-corrected chi connectivity index (χ3v) is 7.74. The molecule has 7 unspecified atom stereocenters. The Morgan fingerprint density at radius 1 is 1.14 bits per heavy atom. The molecular weight excluding hydrogens is 474 g/mol. The van der Waals surface area contributed by atoms with Gasteiger partial charge in [0.15, 0.2) is 0 Å². The second kappa shape index (κ2) is 15.1. The van der Waals surface area contributed by atoms with Crippen molar-refractivity contribution >= 4 is 17.8 Å². The Kier molecular flexibility index (Phi) is 12.5. The van der Waals surface area contributed by atoms with Crippen LogP contribution in [-0.2, 0) is 30.3 Å². The third kappa shape index (κ3) is 8.25. The number of carboxylic acids is 1. The van der Waals surface area contributed by atoms with E-state index in [1.165, 1.54) is 7.11 Å². The molecule has 1 saturated heterocycles. The first-order chi connectivity index (χ1) is 17.7. The molecule has 0 aliphatic carbocycles. The van der Waals surface area contributed by atoms with Crippen LogP contribution < -0.4 is 10.6 Å². The molecular formula is C28H45N3O6. The number of methoxy groups -OCH3 is 2. The standard InChI is InChI=1S/C28H45N3O6/c1-7-18(2)25(29-4)23(36-5)17-24(32)31-15-11-14-22(31)26(37-6)19(3)27(33)30-21(28(34)35)16-20-12-9-8-10-13-20/h8-10,12-13,18-19,21-23,25-26,29H,7,11,14-17H2,1-6H3,(H,30,33)(H,34,35). The number of likely N-dealkylation sites (N-methyl/N-ethyl adjacent to an activating group) is 1. The Balaban J connectivity index is 2.10. The highest BCUT2D eigenvalue weighted by Crippen LogP contribution is 2.28. The van der Waals surface area contributed by atoms with Crippen molar-refractivity contribution in [3.05, 3.63) is 35.9 Å². The quantitative estimate of drug-likeness (QED) is 0.326. The van der Waals surface area contributed by atoms with Crippen LogP contribution in [-0.4, -0.2) is 85.9 Å². The molecule has 0 spiro atoms. The normalized spacial score (nSPS) is 20.5. The van der Waals surface area contributed by atoms with Gasteiger partial charge in [0.25, 0.3) is 0 Å². The van der Waals surface area contributed by atoms with Gasteiger partial charge in [0, 0.05) is 33.2 Å². The van der Waals surface area contributed by atoms with Gasteiger partial charge in [-0.3, -0.25) is 9.59 Å². The second-order valence-electron chi connectivity index (χ2n) is 10.1. The van der Waals surface area contributed by atoms with E-state index in [-0.39, 0.29) is 36.9 Å². The van der Waals surface area contributed by atoms with Gasteiger partial charge in [-0.2, -0.15) is 0 Å². The van der Waals surface area contributed by atoms with Crippen LogP contribution in [0.15, 0.2) is 30.3 Å². The molecule has 0 aromatic heterocycles. The topological polar surface area (TPSA) is 117 Å². The maximum atomic E-state index is 13.4. The number of aliphatic carboxylic acids is 1. The highest BCUT2D eigenvalue weighted by atomic mass is 16.5. The maximum Gasteiger partial charge on any atom is 0.326 e. The van der Waals surface area contributed by atoms with Gasteiger partial charge in [0.2, 0.25) is 11.8 Å². The molecule has 3 N–H and O–H groups in total. The summed E-state index contributed by atoms with van der Waals surface area (Å²) in [4.78, 5) is 40.3. The first-order valence-electron chi connectivity index (χ1n) is 13.3. The van der Waals surface area contributed by atoms with Crippen molar-refractivity contribution in [1.82, 2.24) is 15.5 Å². The summed E-state index contributed by atoms with van der Waals surface area (Å²) in [5.74, 6) is -1.84. The van der Waals surface area contributed by atoms with Crippen molar-refractivity contribution < 1.29 is 29.0 Å². The average Bonchev–Trinajstić information content (AvgIpc) is 3.38. The summed E-state index contributed by atoms with van der Waals surface area (Å²) < 4.78 is 11.5. The van der Waals surface area contributed by atoms with Crippen molar-refractivity contribution in [3.63, 3.8) is 0 Å². The SMILES string of the molecule is CCC(C)C(NC)C(CC(=O)N1CCCC1C(OC)C(C)C(=O)NC(Cc1ccccc1)C(=O)O)OC. The summed E-state index contributed by atoms with van der Waals surface area (Å²) in [5, 5.41) is 15.7. The number of carboxylic acid groups (broad SMARTS) is 1. The Morgan fingerprint density at radius 3 is 2.35 bits per heavy atom. The molecule has 0 saturated carbocycles. The van der Waals surface area contributed by atoms with Crippen molar-refractivity contribution in [2.24, 2.45) is 11.8 Å². The number of nitrogens with zero attached hydrogens (tertiary/aromatic N) is 1. The molecule has 7 atom stereocenters. The molecule has 2 rings (SSSR count). The predicted octanol–water partition coefficient (Wildman–Crippen LogP) is 2.48. The maximum absolute atomic E-state index is 13.4. The first kappa shape index (κ1) is 30.7. The van der Waals surface area contributed by atoms with E-state index in [1.807, 2.05) is 42.3 Å². The van der Waals surface area contributed by atoms with E-state index < -0.39 is 29.9 Å². The van der Waals surface area contributed by atoms with E-state index in [2.05, 4.69) is 24.5 Å². The molecule has 2 amide bonds. The summed E-state index contributed by atoms with van der Waals surface area (Å²) in [6.45, 7) is 6.57. The molecule has 0 bridgehead atoms. The fourth-order valence-electron chi connectivity index (χ4n) is 5.38. The van der Waals surface area contributed by atoms with E-state index in [1.54, 1.807) is 14.0 Å².